The minimum Gasteiger partial charge on any atom is -0.493 e. The van der Waals surface area contributed by atoms with Gasteiger partial charge in [-0.1, -0.05) is 0 Å². The number of ether oxygens (including phenoxy) is 2. The van der Waals surface area contributed by atoms with Crippen LogP contribution in [0.4, 0.5) is 10.1 Å². The smallest absolute Gasteiger partial charge is 0.227 e. The van der Waals surface area contributed by atoms with Crippen molar-refractivity contribution in [3.63, 3.8) is 0 Å². The fourth-order valence-corrected chi connectivity index (χ4v) is 2.55. The predicted octanol–water partition coefficient (Wildman–Crippen LogP) is 2.59. The van der Waals surface area contributed by atoms with Gasteiger partial charge in [-0.15, -0.1) is 12.4 Å². The summed E-state index contributed by atoms with van der Waals surface area (Å²) in [6.45, 7) is 2.84. The molecule has 2 N–H and O–H groups in total. The van der Waals surface area contributed by atoms with Crippen LogP contribution in [0.3, 0.4) is 0 Å². The van der Waals surface area contributed by atoms with Crippen LogP contribution < -0.4 is 20.1 Å². The Morgan fingerprint density at radius 1 is 1.32 bits per heavy atom. The normalized spacial score (nSPS) is 20.7. The summed E-state index contributed by atoms with van der Waals surface area (Å²) in [6, 6.07) is 2.94. The molecule has 7 heteroatoms. The van der Waals surface area contributed by atoms with E-state index in [0.717, 1.165) is 19.4 Å². The van der Waals surface area contributed by atoms with E-state index in [1.54, 1.807) is 0 Å². The van der Waals surface area contributed by atoms with Gasteiger partial charge in [-0.05, 0) is 26.3 Å². The second-order valence-corrected chi connectivity index (χ2v) is 5.25. The average Bonchev–Trinajstić information content (AvgIpc) is 2.48. The molecule has 22 heavy (non-hydrogen) atoms. The third-order valence-corrected chi connectivity index (χ3v) is 3.73. The van der Waals surface area contributed by atoms with E-state index in [4.69, 9.17) is 9.47 Å². The van der Waals surface area contributed by atoms with Crippen molar-refractivity contribution < 1.29 is 18.7 Å². The zero-order chi connectivity index (χ0) is 15.4. The maximum absolute atomic E-state index is 14.0. The van der Waals surface area contributed by atoms with E-state index < -0.39 is 5.82 Å². The lowest BCUT2D eigenvalue weighted by Crippen LogP contribution is -2.40. The molecule has 2 atom stereocenters. The van der Waals surface area contributed by atoms with Crippen LogP contribution in [0.25, 0.3) is 0 Å². The Hall–Kier alpha value is -1.53. The number of nitrogens with one attached hydrogen (secondary N) is 2. The van der Waals surface area contributed by atoms with Gasteiger partial charge < -0.3 is 20.1 Å². The molecule has 1 aliphatic heterocycles. The Balaban J connectivity index is 0.00000242. The fraction of sp³-hybridized carbons (Fsp3) is 0.533. The number of halogens is 2. The molecular formula is C15H22ClFN2O3. The largest absolute Gasteiger partial charge is 0.493 e. The van der Waals surface area contributed by atoms with E-state index in [2.05, 4.69) is 10.6 Å². The highest BCUT2D eigenvalue weighted by molar-refractivity contribution is 5.93. The van der Waals surface area contributed by atoms with Crippen LogP contribution in [-0.2, 0) is 4.79 Å². The Kier molecular flexibility index (Phi) is 6.90. The quantitative estimate of drug-likeness (QED) is 0.889. The summed E-state index contributed by atoms with van der Waals surface area (Å²) >= 11 is 0. The molecule has 0 bridgehead atoms. The number of rotatable bonds is 4. The Bertz CT molecular complexity index is 528. The molecule has 5 nitrogen and oxygen atoms in total. The first kappa shape index (κ1) is 18.5. The summed E-state index contributed by atoms with van der Waals surface area (Å²) in [6.07, 6.45) is 1.51. The lowest BCUT2D eigenvalue weighted by atomic mass is 9.92. The van der Waals surface area contributed by atoms with E-state index in [9.17, 15) is 9.18 Å². The van der Waals surface area contributed by atoms with E-state index >= 15 is 0 Å². The van der Waals surface area contributed by atoms with Gasteiger partial charge >= 0.3 is 0 Å². The lowest BCUT2D eigenvalue weighted by Gasteiger charge is -2.27. The monoisotopic (exact) mass is 332 g/mol. The first-order valence-corrected chi connectivity index (χ1v) is 7.01. The number of carbonyl (C=O) groups excluding carboxylic acids is 1. The summed E-state index contributed by atoms with van der Waals surface area (Å²) in [5.41, 5.74) is 0.115. The molecular weight excluding hydrogens is 311 g/mol. The van der Waals surface area contributed by atoms with Crippen molar-refractivity contribution in [1.82, 2.24) is 5.32 Å². The first-order chi connectivity index (χ1) is 10.0. The molecule has 1 fully saturated rings. The van der Waals surface area contributed by atoms with E-state index in [1.165, 1.54) is 26.4 Å². The summed E-state index contributed by atoms with van der Waals surface area (Å²) < 4.78 is 24.1. The van der Waals surface area contributed by atoms with Gasteiger partial charge in [0.15, 0.2) is 17.3 Å². The maximum Gasteiger partial charge on any atom is 0.227 e. The van der Waals surface area contributed by atoms with Gasteiger partial charge in [-0.2, -0.15) is 0 Å². The number of carbonyl (C=O) groups is 1. The van der Waals surface area contributed by atoms with Crippen LogP contribution >= 0.6 is 12.4 Å². The first-order valence-electron chi connectivity index (χ1n) is 7.01. The van der Waals surface area contributed by atoms with Gasteiger partial charge in [-0.3, -0.25) is 4.79 Å². The highest BCUT2D eigenvalue weighted by Gasteiger charge is 2.25. The second kappa shape index (κ2) is 8.19. The molecule has 124 valence electrons. The van der Waals surface area contributed by atoms with Crippen molar-refractivity contribution in [2.24, 2.45) is 5.92 Å². The molecule has 0 radical (unpaired) electrons. The maximum atomic E-state index is 14.0. The highest BCUT2D eigenvalue weighted by atomic mass is 35.5. The van der Waals surface area contributed by atoms with Crippen molar-refractivity contribution >= 4 is 24.0 Å². The highest BCUT2D eigenvalue weighted by Crippen LogP contribution is 2.32. The minimum absolute atomic E-state index is 0. The zero-order valence-corrected chi connectivity index (χ0v) is 13.8. The van der Waals surface area contributed by atoms with Crippen molar-refractivity contribution in [1.29, 1.82) is 0 Å². The minimum atomic E-state index is -0.539. The summed E-state index contributed by atoms with van der Waals surface area (Å²) in [4.78, 5) is 12.2. The number of piperidine rings is 1. The zero-order valence-electron chi connectivity index (χ0n) is 12.9. The number of amides is 1. The molecule has 1 saturated heterocycles. The van der Waals surface area contributed by atoms with Crippen LogP contribution in [0.1, 0.15) is 19.8 Å². The molecule has 0 unspecified atom stereocenters. The molecule has 1 aromatic carbocycles. The topological polar surface area (TPSA) is 59.6 Å². The lowest BCUT2D eigenvalue weighted by molar-refractivity contribution is -0.120. The predicted molar refractivity (Wildman–Crippen MR) is 85.6 cm³/mol. The number of anilines is 1. The Morgan fingerprint density at radius 2 is 1.95 bits per heavy atom. The summed E-state index contributed by atoms with van der Waals surface area (Å²) in [7, 11) is 2.90. The fourth-order valence-electron chi connectivity index (χ4n) is 2.55. The Morgan fingerprint density at radius 3 is 2.55 bits per heavy atom. The van der Waals surface area contributed by atoms with Gasteiger partial charge in [0.25, 0.3) is 0 Å². The van der Waals surface area contributed by atoms with Crippen LogP contribution in [0.15, 0.2) is 12.1 Å². The Labute approximate surface area is 136 Å². The van der Waals surface area contributed by atoms with Gasteiger partial charge in [0.1, 0.15) is 0 Å². The molecule has 0 aromatic heterocycles. The van der Waals surface area contributed by atoms with Crippen LogP contribution in [0.5, 0.6) is 11.5 Å². The summed E-state index contributed by atoms with van der Waals surface area (Å²) in [5.74, 6) is -0.123. The van der Waals surface area contributed by atoms with Crippen molar-refractivity contribution in [2.75, 3.05) is 26.1 Å². The van der Waals surface area contributed by atoms with Crippen LogP contribution in [-0.4, -0.2) is 32.7 Å². The van der Waals surface area contributed by atoms with Crippen LogP contribution in [0, 0.1) is 11.7 Å². The third kappa shape index (κ3) is 4.24. The number of hydrogen-bond acceptors (Lipinski definition) is 4. The average molecular weight is 333 g/mol. The van der Waals surface area contributed by atoms with E-state index in [-0.39, 0.29) is 29.9 Å². The van der Waals surface area contributed by atoms with Gasteiger partial charge in [-0.25, -0.2) is 4.39 Å². The van der Waals surface area contributed by atoms with Crippen molar-refractivity contribution in [3.8, 4) is 11.5 Å². The molecule has 1 aliphatic rings. The van der Waals surface area contributed by atoms with E-state index in [0.29, 0.717) is 17.5 Å². The van der Waals surface area contributed by atoms with Gasteiger partial charge in [0.2, 0.25) is 5.91 Å². The van der Waals surface area contributed by atoms with Crippen molar-refractivity contribution in [3.05, 3.63) is 17.9 Å². The van der Waals surface area contributed by atoms with Gasteiger partial charge in [0.05, 0.1) is 19.9 Å². The standard InChI is InChI=1S/C15H21FN2O3.ClH/c1-9-6-10(4-5-17-9)15(19)18-12-8-14(21-3)13(20-2)7-11(12)16;/h7-10,17H,4-6H2,1-3H3,(H,18,19);1H/t9-,10-;/m0./s1. The molecule has 0 saturated carbocycles. The second-order valence-electron chi connectivity index (χ2n) is 5.25. The molecule has 1 aromatic rings. The van der Waals surface area contributed by atoms with Crippen molar-refractivity contribution in [2.45, 2.75) is 25.8 Å². The number of hydrogen-bond donors (Lipinski definition) is 2. The van der Waals surface area contributed by atoms with E-state index in [1.807, 2.05) is 6.92 Å². The van der Waals surface area contributed by atoms with Gasteiger partial charge in [0, 0.05) is 24.1 Å². The SMILES string of the molecule is COc1cc(F)c(NC(=O)[C@H]2CCN[C@@H](C)C2)cc1OC.Cl. The molecule has 1 amide bonds. The summed E-state index contributed by atoms with van der Waals surface area (Å²) in [5, 5.41) is 5.93. The third-order valence-electron chi connectivity index (χ3n) is 3.73. The number of benzene rings is 1. The molecule has 1 heterocycles. The molecule has 0 spiro atoms. The molecule has 2 rings (SSSR count). The number of methoxy groups -OCH3 is 2. The molecule has 0 aliphatic carbocycles. The van der Waals surface area contributed by atoms with Crippen LogP contribution in [0.2, 0.25) is 0 Å².